The van der Waals surface area contributed by atoms with Gasteiger partial charge in [0.25, 0.3) is 0 Å². The lowest BCUT2D eigenvalue weighted by molar-refractivity contribution is -0.186. The predicted molar refractivity (Wildman–Crippen MR) is 83.8 cm³/mol. The minimum absolute atomic E-state index is 0.0682. The summed E-state index contributed by atoms with van der Waals surface area (Å²) in [6.07, 6.45) is -0.796. The van der Waals surface area contributed by atoms with E-state index in [0.29, 0.717) is 19.4 Å². The molecule has 24 heavy (non-hydrogen) atoms. The van der Waals surface area contributed by atoms with Crippen molar-refractivity contribution in [2.24, 2.45) is 5.92 Å². The highest BCUT2D eigenvalue weighted by atomic mass is 19.4. The second-order valence-electron chi connectivity index (χ2n) is 5.72. The number of alkyl halides is 3. The fraction of sp³-hybridized carbons (Fsp3) is 0.412. The molecule has 1 fully saturated rings. The summed E-state index contributed by atoms with van der Waals surface area (Å²) < 4.78 is 37.1. The van der Waals surface area contributed by atoms with E-state index in [1.807, 2.05) is 30.3 Å². The first-order valence-electron chi connectivity index (χ1n) is 7.73. The Kier molecular flexibility index (Phi) is 6.00. The monoisotopic (exact) mass is 340 g/mol. The zero-order chi connectivity index (χ0) is 17.6. The third kappa shape index (κ3) is 5.40. The molecule has 0 saturated carbocycles. The van der Waals surface area contributed by atoms with Crippen molar-refractivity contribution in [2.45, 2.75) is 19.0 Å². The smallest absolute Gasteiger partial charge is 0.352 e. The number of nitrogens with one attached hydrogen (secondary N) is 1. The summed E-state index contributed by atoms with van der Waals surface area (Å²) in [4.78, 5) is 23.7. The van der Waals surface area contributed by atoms with Crippen LogP contribution in [0.2, 0.25) is 0 Å². The molecule has 130 valence electrons. The Hall–Kier alpha value is -2.31. The van der Waals surface area contributed by atoms with E-state index in [0.717, 1.165) is 10.5 Å². The summed E-state index contributed by atoms with van der Waals surface area (Å²) in [6.45, 7) is 0.531. The molecule has 0 bridgehead atoms. The number of hydrogen-bond donors (Lipinski definition) is 1. The zero-order valence-corrected chi connectivity index (χ0v) is 13.1. The maximum Gasteiger partial charge on any atom is 0.471 e. The third-order valence-corrected chi connectivity index (χ3v) is 3.94. The number of carbonyl (C=O) groups is 2. The molecule has 2 rings (SSSR count). The van der Waals surface area contributed by atoms with Crippen LogP contribution in [0.25, 0.3) is 6.08 Å². The molecule has 1 aliphatic heterocycles. The third-order valence-electron chi connectivity index (χ3n) is 3.94. The van der Waals surface area contributed by atoms with Gasteiger partial charge in [0.15, 0.2) is 0 Å². The van der Waals surface area contributed by atoms with Gasteiger partial charge in [0.2, 0.25) is 5.91 Å². The molecular formula is C17H19F3N2O2. The minimum Gasteiger partial charge on any atom is -0.352 e. The number of piperidine rings is 1. The van der Waals surface area contributed by atoms with Crippen LogP contribution in [0.5, 0.6) is 0 Å². The molecule has 4 nitrogen and oxygen atoms in total. The molecule has 0 atom stereocenters. The molecule has 1 aromatic carbocycles. The van der Waals surface area contributed by atoms with Gasteiger partial charge in [-0.25, -0.2) is 0 Å². The van der Waals surface area contributed by atoms with Gasteiger partial charge in [-0.15, -0.1) is 0 Å². The maximum atomic E-state index is 12.4. The molecule has 1 aliphatic rings. The average molecular weight is 340 g/mol. The molecule has 0 unspecified atom stereocenters. The first-order chi connectivity index (χ1) is 11.4. The van der Waals surface area contributed by atoms with E-state index >= 15 is 0 Å². The van der Waals surface area contributed by atoms with Crippen LogP contribution in [-0.4, -0.2) is 42.5 Å². The SMILES string of the molecule is O=C(/C=C/c1ccccc1)NCC1CCN(C(=O)C(F)(F)F)CC1. The quantitative estimate of drug-likeness (QED) is 0.857. The van der Waals surface area contributed by atoms with Crippen molar-refractivity contribution < 1.29 is 22.8 Å². The molecule has 1 saturated heterocycles. The highest BCUT2D eigenvalue weighted by Crippen LogP contribution is 2.23. The van der Waals surface area contributed by atoms with Crippen LogP contribution in [0.1, 0.15) is 18.4 Å². The van der Waals surface area contributed by atoms with Gasteiger partial charge in [-0.1, -0.05) is 30.3 Å². The first-order valence-corrected chi connectivity index (χ1v) is 7.73. The van der Waals surface area contributed by atoms with Gasteiger partial charge >= 0.3 is 12.1 Å². The van der Waals surface area contributed by atoms with Crippen LogP contribution in [0, 0.1) is 5.92 Å². The zero-order valence-electron chi connectivity index (χ0n) is 13.1. The average Bonchev–Trinajstić information content (AvgIpc) is 2.58. The Morgan fingerprint density at radius 3 is 2.38 bits per heavy atom. The van der Waals surface area contributed by atoms with E-state index in [4.69, 9.17) is 0 Å². The molecular weight excluding hydrogens is 321 g/mol. The molecule has 0 spiro atoms. The van der Waals surface area contributed by atoms with E-state index in [1.165, 1.54) is 6.08 Å². The summed E-state index contributed by atoms with van der Waals surface area (Å²) in [6, 6.07) is 9.36. The predicted octanol–water partition coefficient (Wildman–Crippen LogP) is 2.62. The molecule has 0 radical (unpaired) electrons. The van der Waals surface area contributed by atoms with E-state index in [1.54, 1.807) is 6.08 Å². The highest BCUT2D eigenvalue weighted by molar-refractivity contribution is 5.91. The highest BCUT2D eigenvalue weighted by Gasteiger charge is 2.43. The Labute approximate surface area is 138 Å². The number of halogens is 3. The van der Waals surface area contributed by atoms with Crippen LogP contribution in [0.4, 0.5) is 13.2 Å². The summed E-state index contributed by atoms with van der Waals surface area (Å²) in [5.41, 5.74) is 0.909. The van der Waals surface area contributed by atoms with Crippen molar-refractivity contribution in [1.29, 1.82) is 0 Å². The molecule has 0 aliphatic carbocycles. The van der Waals surface area contributed by atoms with Gasteiger partial charge in [-0.05, 0) is 30.4 Å². The lowest BCUT2D eigenvalue weighted by atomic mass is 9.96. The standard InChI is InChI=1S/C17H19F3N2O2/c18-17(19,20)16(24)22-10-8-14(9-11-22)12-21-15(23)7-6-13-4-2-1-3-5-13/h1-7,14H,8-12H2,(H,21,23)/b7-6+. The molecule has 2 amide bonds. The molecule has 0 aromatic heterocycles. The lowest BCUT2D eigenvalue weighted by Crippen LogP contribution is -2.46. The largest absolute Gasteiger partial charge is 0.471 e. The van der Waals surface area contributed by atoms with Crippen molar-refractivity contribution >= 4 is 17.9 Å². The molecule has 7 heteroatoms. The number of nitrogens with zero attached hydrogens (tertiary/aromatic N) is 1. The maximum absolute atomic E-state index is 12.4. The van der Waals surface area contributed by atoms with Crippen molar-refractivity contribution in [1.82, 2.24) is 10.2 Å². The van der Waals surface area contributed by atoms with Crippen LogP contribution in [0.3, 0.4) is 0 Å². The van der Waals surface area contributed by atoms with Gasteiger partial charge in [0.1, 0.15) is 0 Å². The summed E-state index contributed by atoms with van der Waals surface area (Å²) >= 11 is 0. The van der Waals surface area contributed by atoms with Crippen molar-refractivity contribution in [2.75, 3.05) is 19.6 Å². The second-order valence-corrected chi connectivity index (χ2v) is 5.72. The van der Waals surface area contributed by atoms with Gasteiger partial charge in [0.05, 0.1) is 0 Å². The normalized spacial score (nSPS) is 16.4. The number of benzene rings is 1. The second kappa shape index (κ2) is 7.99. The van der Waals surface area contributed by atoms with Crippen molar-refractivity contribution in [3.8, 4) is 0 Å². The number of likely N-dealkylation sites (tertiary alicyclic amines) is 1. The van der Waals surface area contributed by atoms with Gasteiger partial charge in [-0.2, -0.15) is 13.2 Å². The lowest BCUT2D eigenvalue weighted by Gasteiger charge is -2.32. The minimum atomic E-state index is -4.82. The first kappa shape index (κ1) is 18.0. The Morgan fingerprint density at radius 2 is 1.79 bits per heavy atom. The van der Waals surface area contributed by atoms with Gasteiger partial charge < -0.3 is 10.2 Å². The Bertz CT molecular complexity index is 592. The van der Waals surface area contributed by atoms with Crippen LogP contribution in [0.15, 0.2) is 36.4 Å². The van der Waals surface area contributed by atoms with E-state index in [2.05, 4.69) is 5.32 Å². The summed E-state index contributed by atoms with van der Waals surface area (Å²) in [5, 5.41) is 2.75. The molecule has 1 N–H and O–H groups in total. The number of hydrogen-bond acceptors (Lipinski definition) is 2. The van der Waals surface area contributed by atoms with Gasteiger partial charge in [0, 0.05) is 25.7 Å². The van der Waals surface area contributed by atoms with Crippen LogP contribution in [-0.2, 0) is 9.59 Å². The number of amides is 2. The van der Waals surface area contributed by atoms with E-state index in [-0.39, 0.29) is 24.9 Å². The van der Waals surface area contributed by atoms with Crippen molar-refractivity contribution in [3.05, 3.63) is 42.0 Å². The van der Waals surface area contributed by atoms with Crippen LogP contribution >= 0.6 is 0 Å². The summed E-state index contributed by atoms with van der Waals surface area (Å²) in [7, 11) is 0. The summed E-state index contributed by atoms with van der Waals surface area (Å²) in [5.74, 6) is -1.94. The van der Waals surface area contributed by atoms with Gasteiger partial charge in [-0.3, -0.25) is 9.59 Å². The number of carbonyl (C=O) groups excluding carboxylic acids is 2. The number of rotatable bonds is 4. The molecule has 1 aromatic rings. The van der Waals surface area contributed by atoms with E-state index in [9.17, 15) is 22.8 Å². The fourth-order valence-corrected chi connectivity index (χ4v) is 2.56. The topological polar surface area (TPSA) is 49.4 Å². The van der Waals surface area contributed by atoms with Crippen molar-refractivity contribution in [3.63, 3.8) is 0 Å². The fourth-order valence-electron chi connectivity index (χ4n) is 2.56. The van der Waals surface area contributed by atoms with Crippen LogP contribution < -0.4 is 5.32 Å². The Morgan fingerprint density at radius 1 is 1.17 bits per heavy atom. The Balaban J connectivity index is 1.72. The molecule has 1 heterocycles. The van der Waals surface area contributed by atoms with E-state index < -0.39 is 12.1 Å².